The van der Waals surface area contributed by atoms with Crippen LogP contribution in [0.1, 0.15) is 69.4 Å². The molecular weight excluding hydrogens is 442 g/mol. The molecule has 2 aliphatic heterocycles. The van der Waals surface area contributed by atoms with Crippen LogP contribution in [0.5, 0.6) is 0 Å². The lowest BCUT2D eigenvalue weighted by molar-refractivity contribution is -0.136. The zero-order valence-corrected chi connectivity index (χ0v) is 21.5. The van der Waals surface area contributed by atoms with Crippen molar-refractivity contribution in [1.82, 2.24) is 24.9 Å². The standard InChI is InChI=1S/C23H37N5O4S/c1-15-9-22(4,5)13-23(10-15)20(29)27(21(30)24-23)14-26(6)11-19-16(2)25-28(17(19)3)18-7-8-33(31,32)12-18/h15,18H,7-14H2,1-6H3,(H,24,30)/t15-,18+,23-/m0/s1. The molecule has 1 saturated carbocycles. The van der Waals surface area contributed by atoms with E-state index in [-0.39, 0.29) is 41.6 Å². The molecule has 0 bridgehead atoms. The molecule has 184 valence electrons. The number of urea groups is 1. The minimum absolute atomic E-state index is 0.000949. The highest BCUT2D eigenvalue weighted by molar-refractivity contribution is 7.91. The van der Waals surface area contributed by atoms with Crippen LogP contribution in [0.2, 0.25) is 0 Å². The van der Waals surface area contributed by atoms with Gasteiger partial charge in [-0.05, 0) is 57.9 Å². The Morgan fingerprint density at radius 1 is 1.21 bits per heavy atom. The van der Waals surface area contributed by atoms with Crippen LogP contribution in [0.3, 0.4) is 0 Å². The molecule has 3 aliphatic rings. The van der Waals surface area contributed by atoms with Gasteiger partial charge in [-0.15, -0.1) is 0 Å². The Balaban J connectivity index is 1.47. The van der Waals surface area contributed by atoms with Crippen molar-refractivity contribution in [2.24, 2.45) is 11.3 Å². The molecule has 2 saturated heterocycles. The van der Waals surface area contributed by atoms with Gasteiger partial charge in [-0.25, -0.2) is 18.1 Å². The van der Waals surface area contributed by atoms with Gasteiger partial charge in [0.2, 0.25) is 0 Å². The van der Waals surface area contributed by atoms with E-state index in [0.717, 1.165) is 23.4 Å². The van der Waals surface area contributed by atoms with Crippen LogP contribution in [-0.2, 0) is 21.2 Å². The van der Waals surface area contributed by atoms with Crippen LogP contribution < -0.4 is 5.32 Å². The summed E-state index contributed by atoms with van der Waals surface area (Å²) in [6, 6.07) is -0.452. The number of hydrogen-bond donors (Lipinski definition) is 1. The topological polar surface area (TPSA) is 105 Å². The summed E-state index contributed by atoms with van der Waals surface area (Å²) in [4.78, 5) is 29.5. The van der Waals surface area contributed by atoms with Crippen molar-refractivity contribution in [2.75, 3.05) is 25.2 Å². The van der Waals surface area contributed by atoms with Gasteiger partial charge in [0.05, 0.1) is 29.9 Å². The van der Waals surface area contributed by atoms with E-state index in [9.17, 15) is 18.0 Å². The number of imide groups is 1. The zero-order valence-electron chi connectivity index (χ0n) is 20.6. The van der Waals surface area contributed by atoms with Gasteiger partial charge >= 0.3 is 6.03 Å². The lowest BCUT2D eigenvalue weighted by Gasteiger charge is -2.43. The molecule has 33 heavy (non-hydrogen) atoms. The summed E-state index contributed by atoms with van der Waals surface area (Å²) in [6.45, 7) is 11.1. The maximum Gasteiger partial charge on any atom is 0.326 e. The fraction of sp³-hybridized carbons (Fsp3) is 0.783. The number of rotatable bonds is 5. The summed E-state index contributed by atoms with van der Waals surface area (Å²) in [6.07, 6.45) is 2.96. The van der Waals surface area contributed by atoms with Gasteiger partial charge in [-0.2, -0.15) is 5.10 Å². The average Bonchev–Trinajstić information content (AvgIpc) is 3.23. The molecule has 3 atom stereocenters. The SMILES string of the molecule is Cc1nn([C@@H]2CCS(=O)(=O)C2)c(C)c1CN(C)CN1C(=O)N[C@]2(C[C@@H](C)CC(C)(C)C2)C1=O. The van der Waals surface area contributed by atoms with Gasteiger partial charge < -0.3 is 5.32 Å². The van der Waals surface area contributed by atoms with Gasteiger partial charge in [0.15, 0.2) is 9.84 Å². The van der Waals surface area contributed by atoms with Crippen LogP contribution in [-0.4, -0.2) is 70.7 Å². The van der Waals surface area contributed by atoms with E-state index < -0.39 is 15.4 Å². The first-order valence-corrected chi connectivity index (χ1v) is 13.6. The Labute approximate surface area is 196 Å². The third kappa shape index (κ3) is 4.56. The van der Waals surface area contributed by atoms with E-state index in [4.69, 9.17) is 0 Å². The number of amides is 3. The van der Waals surface area contributed by atoms with Crippen molar-refractivity contribution in [3.63, 3.8) is 0 Å². The Morgan fingerprint density at radius 3 is 2.52 bits per heavy atom. The Bertz CT molecular complexity index is 1080. The van der Waals surface area contributed by atoms with E-state index in [1.165, 1.54) is 4.90 Å². The van der Waals surface area contributed by atoms with Gasteiger partial charge in [-0.1, -0.05) is 20.8 Å². The first-order valence-electron chi connectivity index (χ1n) is 11.8. The summed E-state index contributed by atoms with van der Waals surface area (Å²) >= 11 is 0. The van der Waals surface area contributed by atoms with Gasteiger partial charge in [-0.3, -0.25) is 14.4 Å². The summed E-state index contributed by atoms with van der Waals surface area (Å²) in [5, 5.41) is 7.66. The van der Waals surface area contributed by atoms with Crippen LogP contribution in [0, 0.1) is 25.2 Å². The number of carbonyl (C=O) groups is 2. The Hall–Kier alpha value is -1.94. The van der Waals surface area contributed by atoms with Crippen molar-refractivity contribution < 1.29 is 18.0 Å². The maximum atomic E-state index is 13.4. The molecule has 1 aromatic heterocycles. The summed E-state index contributed by atoms with van der Waals surface area (Å²) in [5.74, 6) is 0.573. The van der Waals surface area contributed by atoms with Crippen LogP contribution in [0.15, 0.2) is 0 Å². The van der Waals surface area contributed by atoms with Gasteiger partial charge in [0.1, 0.15) is 5.54 Å². The molecule has 3 amide bonds. The van der Waals surface area contributed by atoms with Crippen molar-refractivity contribution in [3.05, 3.63) is 17.0 Å². The second-order valence-electron chi connectivity index (χ2n) is 11.4. The van der Waals surface area contributed by atoms with Crippen molar-refractivity contribution in [2.45, 2.75) is 78.4 Å². The highest BCUT2D eigenvalue weighted by Gasteiger charge is 2.56. The number of hydrogen-bond acceptors (Lipinski definition) is 6. The minimum Gasteiger partial charge on any atom is -0.323 e. The molecule has 0 radical (unpaired) electrons. The van der Waals surface area contributed by atoms with Crippen molar-refractivity contribution in [3.8, 4) is 0 Å². The molecule has 10 heteroatoms. The lowest BCUT2D eigenvalue weighted by Crippen LogP contribution is -2.54. The van der Waals surface area contributed by atoms with Gasteiger partial charge in [0.25, 0.3) is 5.91 Å². The number of sulfone groups is 1. The third-order valence-corrected chi connectivity index (χ3v) is 9.21. The highest BCUT2D eigenvalue weighted by atomic mass is 32.2. The summed E-state index contributed by atoms with van der Waals surface area (Å²) in [5.41, 5.74) is 2.00. The number of nitrogens with zero attached hydrogens (tertiary/aromatic N) is 4. The predicted octanol–water partition coefficient (Wildman–Crippen LogP) is 2.39. The minimum atomic E-state index is -3.00. The fourth-order valence-electron chi connectivity index (χ4n) is 6.45. The molecule has 9 nitrogen and oxygen atoms in total. The molecule has 0 aromatic carbocycles. The van der Waals surface area contributed by atoms with Gasteiger partial charge in [0, 0.05) is 17.8 Å². The second kappa shape index (κ2) is 8.08. The van der Waals surface area contributed by atoms with E-state index in [0.29, 0.717) is 31.7 Å². The first-order chi connectivity index (χ1) is 15.2. The molecule has 0 unspecified atom stereocenters. The Kier molecular flexibility index (Phi) is 5.92. The number of aromatic nitrogens is 2. The quantitative estimate of drug-likeness (QED) is 0.650. The van der Waals surface area contributed by atoms with E-state index in [1.54, 1.807) is 0 Å². The normalized spacial score (nSPS) is 31.1. The molecule has 1 aliphatic carbocycles. The highest BCUT2D eigenvalue weighted by Crippen LogP contribution is 2.46. The third-order valence-electron chi connectivity index (χ3n) is 7.46. The number of nitrogens with one attached hydrogen (secondary N) is 1. The molecule has 1 spiro atoms. The zero-order chi connectivity index (χ0) is 24.3. The van der Waals surface area contributed by atoms with Crippen LogP contribution in [0.4, 0.5) is 4.79 Å². The molecule has 4 rings (SSSR count). The average molecular weight is 480 g/mol. The second-order valence-corrected chi connectivity index (χ2v) is 13.6. The first kappa shape index (κ1) is 24.2. The smallest absolute Gasteiger partial charge is 0.323 e. The van der Waals surface area contributed by atoms with Crippen LogP contribution >= 0.6 is 0 Å². The lowest BCUT2D eigenvalue weighted by atomic mass is 9.64. The summed E-state index contributed by atoms with van der Waals surface area (Å²) < 4.78 is 25.7. The van der Waals surface area contributed by atoms with E-state index >= 15 is 0 Å². The number of carbonyl (C=O) groups excluding carboxylic acids is 2. The fourth-order valence-corrected chi connectivity index (χ4v) is 8.14. The predicted molar refractivity (Wildman–Crippen MR) is 125 cm³/mol. The van der Waals surface area contributed by atoms with Crippen molar-refractivity contribution in [1.29, 1.82) is 0 Å². The molecule has 3 fully saturated rings. The van der Waals surface area contributed by atoms with E-state index in [1.807, 2.05) is 30.5 Å². The van der Waals surface area contributed by atoms with E-state index in [2.05, 4.69) is 31.2 Å². The summed E-state index contributed by atoms with van der Waals surface area (Å²) in [7, 11) is -1.12. The monoisotopic (exact) mass is 479 g/mol. The Morgan fingerprint density at radius 2 is 1.91 bits per heavy atom. The maximum absolute atomic E-state index is 13.4. The largest absolute Gasteiger partial charge is 0.326 e. The molecule has 1 aromatic rings. The molecule has 1 N–H and O–H groups in total. The van der Waals surface area contributed by atoms with Crippen molar-refractivity contribution >= 4 is 21.8 Å². The van der Waals surface area contributed by atoms with Crippen LogP contribution in [0.25, 0.3) is 0 Å². The molecular formula is C23H37N5O4S. The molecule has 3 heterocycles. The number of aryl methyl sites for hydroxylation is 1.